The highest BCUT2D eigenvalue weighted by Gasteiger charge is 2.48. The van der Waals surface area contributed by atoms with Crippen LogP contribution >= 0.6 is 11.3 Å². The number of benzene rings is 3. The number of carbonyl (C=O) groups is 2. The van der Waals surface area contributed by atoms with Gasteiger partial charge in [-0.1, -0.05) is 30.2 Å². The van der Waals surface area contributed by atoms with Gasteiger partial charge in [-0.25, -0.2) is 9.67 Å². The molecular weight excluding hydrogens is 574 g/mol. The molecule has 1 N–H and O–H groups in total. The molecule has 2 amide bonds. The minimum Gasteiger partial charge on any atom is -0.497 e. The quantitative estimate of drug-likeness (QED) is 0.219. The van der Waals surface area contributed by atoms with Crippen molar-refractivity contribution in [3.63, 3.8) is 0 Å². The van der Waals surface area contributed by atoms with Crippen molar-refractivity contribution in [1.29, 1.82) is 0 Å². The zero-order valence-electron chi connectivity index (χ0n) is 25.1. The van der Waals surface area contributed by atoms with Gasteiger partial charge in [0.2, 0.25) is 11.8 Å². The molecule has 1 saturated carbocycles. The van der Waals surface area contributed by atoms with E-state index in [1.165, 1.54) is 11.3 Å². The Bertz CT molecular complexity index is 1760. The van der Waals surface area contributed by atoms with E-state index in [9.17, 15) is 9.59 Å². The highest BCUT2D eigenvalue weighted by atomic mass is 32.1. The van der Waals surface area contributed by atoms with Gasteiger partial charge >= 0.3 is 0 Å². The average molecular weight is 610 g/mol. The number of hydrogen-bond donors (Lipinski definition) is 1. The first-order chi connectivity index (χ1) is 21.4. The Morgan fingerprint density at radius 1 is 1.00 bits per heavy atom. The monoisotopic (exact) mass is 609 g/mol. The lowest BCUT2D eigenvalue weighted by atomic mass is 9.93. The summed E-state index contributed by atoms with van der Waals surface area (Å²) in [6, 6.07) is 23.0. The number of anilines is 2. The second kappa shape index (κ2) is 12.5. The maximum Gasteiger partial charge on any atom is 0.250 e. The number of aromatic nitrogens is 4. The van der Waals surface area contributed by atoms with Gasteiger partial charge in [0.25, 0.3) is 0 Å². The summed E-state index contributed by atoms with van der Waals surface area (Å²) in [5.74, 6) is 0.380. The lowest BCUT2D eigenvalue weighted by Crippen LogP contribution is -2.57. The number of fused-ring (bicyclic) bond motifs is 1. The number of rotatable bonds is 10. The van der Waals surface area contributed by atoms with Gasteiger partial charge in [-0.05, 0) is 73.5 Å². The molecule has 0 unspecified atom stereocenters. The molecule has 0 bridgehead atoms. The molecule has 0 atom stereocenters. The summed E-state index contributed by atoms with van der Waals surface area (Å²) in [6.07, 6.45) is 2.82. The van der Waals surface area contributed by atoms with E-state index >= 15 is 0 Å². The van der Waals surface area contributed by atoms with Crippen molar-refractivity contribution in [2.75, 3.05) is 31.4 Å². The molecule has 11 heteroatoms. The number of hydrogen-bond acceptors (Lipinski definition) is 8. The molecule has 0 spiro atoms. The van der Waals surface area contributed by atoms with Crippen LogP contribution in [0.5, 0.6) is 5.75 Å². The molecule has 6 rings (SSSR count). The molecule has 5 aromatic rings. The Kier molecular flexibility index (Phi) is 8.30. The van der Waals surface area contributed by atoms with E-state index in [0.29, 0.717) is 24.0 Å². The van der Waals surface area contributed by atoms with E-state index in [0.717, 1.165) is 46.1 Å². The first kappa shape index (κ1) is 29.3. The highest BCUT2D eigenvalue weighted by Crippen LogP contribution is 2.39. The van der Waals surface area contributed by atoms with Crippen LogP contribution in [0.4, 0.5) is 11.4 Å². The third kappa shape index (κ3) is 5.87. The van der Waals surface area contributed by atoms with Crippen molar-refractivity contribution in [2.45, 2.75) is 44.3 Å². The molecule has 0 radical (unpaired) electrons. The molecule has 0 saturated heterocycles. The van der Waals surface area contributed by atoms with Crippen molar-refractivity contribution < 1.29 is 14.3 Å². The van der Waals surface area contributed by atoms with Crippen LogP contribution in [0, 0.1) is 0 Å². The van der Waals surface area contributed by atoms with Crippen molar-refractivity contribution in [1.82, 2.24) is 24.9 Å². The molecule has 44 heavy (non-hydrogen) atoms. The summed E-state index contributed by atoms with van der Waals surface area (Å²) in [7, 11) is 5.58. The molecule has 226 valence electrons. The van der Waals surface area contributed by atoms with Gasteiger partial charge in [0.1, 0.15) is 28.4 Å². The summed E-state index contributed by atoms with van der Waals surface area (Å²) in [5, 5.41) is 14.4. The summed E-state index contributed by atoms with van der Waals surface area (Å²) in [5.41, 5.74) is 3.94. The van der Waals surface area contributed by atoms with E-state index in [1.807, 2.05) is 97.2 Å². The van der Waals surface area contributed by atoms with Crippen LogP contribution in [0.2, 0.25) is 0 Å². The standard InChI is InChI=1S/C33H35N7O3S/c1-38(2)25-14-12-24(13-15-25)34-32(42)33(18-6-7-19-33)39(31(41)21-40-29-9-5-4-8-27(29)36-37-40)20-30-35-28(22-44-30)23-10-16-26(43-3)17-11-23/h4-5,8-17,22H,6-7,18-21H2,1-3H3,(H,34,42). The van der Waals surface area contributed by atoms with E-state index in [4.69, 9.17) is 9.72 Å². The summed E-state index contributed by atoms with van der Waals surface area (Å²) >= 11 is 1.48. The summed E-state index contributed by atoms with van der Waals surface area (Å²) < 4.78 is 6.90. The number of thiazole rings is 1. The van der Waals surface area contributed by atoms with Crippen molar-refractivity contribution in [3.05, 3.63) is 83.2 Å². The third-order valence-electron chi connectivity index (χ3n) is 8.25. The van der Waals surface area contributed by atoms with Crippen molar-refractivity contribution in [2.24, 2.45) is 0 Å². The lowest BCUT2D eigenvalue weighted by Gasteiger charge is -2.39. The Hall–Kier alpha value is -4.77. The number of nitrogens with zero attached hydrogens (tertiary/aromatic N) is 6. The number of ether oxygens (including phenoxy) is 1. The molecule has 0 aliphatic heterocycles. The average Bonchev–Trinajstić information content (AvgIpc) is 3.81. The highest BCUT2D eigenvalue weighted by molar-refractivity contribution is 7.09. The van der Waals surface area contributed by atoms with Gasteiger partial charge in [-0.2, -0.15) is 0 Å². The second-order valence-electron chi connectivity index (χ2n) is 11.2. The molecular formula is C33H35N7O3S. The zero-order valence-corrected chi connectivity index (χ0v) is 25.9. The van der Waals surface area contributed by atoms with Crippen LogP contribution in [-0.4, -0.2) is 63.4 Å². The molecule has 1 fully saturated rings. The largest absolute Gasteiger partial charge is 0.497 e. The van der Waals surface area contributed by atoms with Crippen LogP contribution in [-0.2, 0) is 22.7 Å². The number of amides is 2. The van der Waals surface area contributed by atoms with E-state index in [1.54, 1.807) is 16.7 Å². The fourth-order valence-electron chi connectivity index (χ4n) is 5.81. The summed E-state index contributed by atoms with van der Waals surface area (Å²) in [4.78, 5) is 37.1. The van der Waals surface area contributed by atoms with E-state index in [2.05, 4.69) is 15.6 Å². The molecule has 2 aromatic heterocycles. The van der Waals surface area contributed by atoms with Crippen LogP contribution in [0.15, 0.2) is 78.2 Å². The topological polar surface area (TPSA) is 105 Å². The smallest absolute Gasteiger partial charge is 0.250 e. The first-order valence-electron chi connectivity index (χ1n) is 14.6. The second-order valence-corrected chi connectivity index (χ2v) is 12.1. The van der Waals surface area contributed by atoms with Crippen LogP contribution in [0.1, 0.15) is 30.7 Å². The van der Waals surface area contributed by atoms with E-state index < -0.39 is 5.54 Å². The fourth-order valence-corrected chi connectivity index (χ4v) is 6.60. The fraction of sp³-hybridized carbons (Fsp3) is 0.303. The Morgan fingerprint density at radius 3 is 2.43 bits per heavy atom. The maximum absolute atomic E-state index is 14.3. The number of carbonyl (C=O) groups excluding carboxylic acids is 2. The predicted molar refractivity (Wildman–Crippen MR) is 173 cm³/mol. The zero-order chi connectivity index (χ0) is 30.7. The van der Waals surface area contributed by atoms with Crippen molar-refractivity contribution in [3.8, 4) is 17.0 Å². The van der Waals surface area contributed by atoms with Gasteiger partial charge in [0.05, 0.1) is 24.9 Å². The predicted octanol–water partition coefficient (Wildman–Crippen LogP) is 5.61. The first-order valence-corrected chi connectivity index (χ1v) is 15.5. The van der Waals surface area contributed by atoms with Crippen molar-refractivity contribution >= 4 is 45.6 Å². The summed E-state index contributed by atoms with van der Waals surface area (Å²) in [6.45, 7) is 0.170. The third-order valence-corrected chi connectivity index (χ3v) is 9.08. The van der Waals surface area contributed by atoms with Gasteiger partial charge in [-0.15, -0.1) is 16.4 Å². The Balaban J connectivity index is 1.32. The molecule has 10 nitrogen and oxygen atoms in total. The maximum atomic E-state index is 14.3. The molecule has 3 aromatic carbocycles. The normalized spacial score (nSPS) is 14.0. The number of nitrogens with one attached hydrogen (secondary N) is 1. The molecule has 1 aliphatic rings. The SMILES string of the molecule is COc1ccc(-c2csc(CN(C(=O)Cn3nnc4ccccc43)C3(C(=O)Nc4ccc(N(C)C)cc4)CCCC3)n2)cc1. The number of para-hydroxylation sites is 1. The lowest BCUT2D eigenvalue weighted by molar-refractivity contribution is -0.147. The van der Waals surface area contributed by atoms with Crippen LogP contribution in [0.25, 0.3) is 22.3 Å². The van der Waals surface area contributed by atoms with Gasteiger partial charge in [-0.3, -0.25) is 9.59 Å². The molecule has 2 heterocycles. The van der Waals surface area contributed by atoms with Gasteiger partial charge < -0.3 is 19.9 Å². The Labute approximate surface area is 260 Å². The number of methoxy groups -OCH3 is 1. The Morgan fingerprint density at radius 2 is 1.73 bits per heavy atom. The minimum absolute atomic E-state index is 0.0379. The van der Waals surface area contributed by atoms with Gasteiger partial charge in [0.15, 0.2) is 0 Å². The van der Waals surface area contributed by atoms with E-state index in [-0.39, 0.29) is 24.9 Å². The molecule has 1 aliphatic carbocycles. The minimum atomic E-state index is -1.03. The van der Waals surface area contributed by atoms with Crippen LogP contribution in [0.3, 0.4) is 0 Å². The van der Waals surface area contributed by atoms with Gasteiger partial charge in [0, 0.05) is 36.4 Å². The van der Waals surface area contributed by atoms with Crippen LogP contribution < -0.4 is 15.0 Å².